The molecule has 0 aliphatic heterocycles. The number of nitrogens with one attached hydrogen (secondary N) is 1. The Kier molecular flexibility index (Phi) is 4.93. The van der Waals surface area contributed by atoms with Crippen LogP contribution >= 0.6 is 15.9 Å². The van der Waals surface area contributed by atoms with Crippen molar-refractivity contribution in [3.63, 3.8) is 0 Å². The van der Waals surface area contributed by atoms with Crippen molar-refractivity contribution in [3.05, 3.63) is 38.3 Å². The summed E-state index contributed by atoms with van der Waals surface area (Å²) in [6.07, 6.45) is 3.96. The lowest BCUT2D eigenvalue weighted by atomic mass is 9.98. The first-order valence-electron chi connectivity index (χ1n) is 6.71. The highest BCUT2D eigenvalue weighted by molar-refractivity contribution is 9.10. The van der Waals surface area contributed by atoms with Crippen LogP contribution in [0.5, 0.6) is 0 Å². The standard InChI is InChI=1S/C14H19BrN2O2/c1-10-3-2-4-12(10)9-16-8-11-5-6-13(15)14(7-11)17(18)19/h5-7,10,12,16H,2-4,8-9H2,1H3. The summed E-state index contributed by atoms with van der Waals surface area (Å²) in [6, 6.07) is 5.30. The zero-order chi connectivity index (χ0) is 13.8. The van der Waals surface area contributed by atoms with Gasteiger partial charge in [0.15, 0.2) is 0 Å². The Morgan fingerprint density at radius 1 is 1.47 bits per heavy atom. The Morgan fingerprint density at radius 3 is 2.89 bits per heavy atom. The molecular formula is C14H19BrN2O2. The lowest BCUT2D eigenvalue weighted by Gasteiger charge is -2.15. The second-order valence-corrected chi connectivity index (χ2v) is 6.20. The van der Waals surface area contributed by atoms with Gasteiger partial charge in [-0.3, -0.25) is 10.1 Å². The van der Waals surface area contributed by atoms with Gasteiger partial charge in [0.1, 0.15) is 0 Å². The maximum atomic E-state index is 10.9. The van der Waals surface area contributed by atoms with Gasteiger partial charge in [0, 0.05) is 12.6 Å². The smallest absolute Gasteiger partial charge is 0.283 e. The second-order valence-electron chi connectivity index (χ2n) is 5.34. The predicted octanol–water partition coefficient (Wildman–Crippen LogP) is 3.88. The van der Waals surface area contributed by atoms with Crippen LogP contribution in [0.4, 0.5) is 5.69 Å². The van der Waals surface area contributed by atoms with Crippen molar-refractivity contribution in [2.45, 2.75) is 32.7 Å². The van der Waals surface area contributed by atoms with Gasteiger partial charge in [0.05, 0.1) is 9.40 Å². The first-order valence-corrected chi connectivity index (χ1v) is 7.50. The molecule has 0 heterocycles. The number of nitro groups is 1. The molecule has 0 spiro atoms. The Balaban J connectivity index is 1.89. The minimum Gasteiger partial charge on any atom is -0.312 e. The fourth-order valence-corrected chi connectivity index (χ4v) is 3.13. The van der Waals surface area contributed by atoms with Gasteiger partial charge in [-0.05, 0) is 52.4 Å². The summed E-state index contributed by atoms with van der Waals surface area (Å²) in [4.78, 5) is 10.5. The van der Waals surface area contributed by atoms with Crippen LogP contribution in [0, 0.1) is 22.0 Å². The fraction of sp³-hybridized carbons (Fsp3) is 0.571. The Hall–Kier alpha value is -0.940. The summed E-state index contributed by atoms with van der Waals surface area (Å²) in [7, 11) is 0. The molecule has 0 aromatic heterocycles. The molecule has 5 heteroatoms. The molecule has 1 N–H and O–H groups in total. The second kappa shape index (κ2) is 6.48. The van der Waals surface area contributed by atoms with Gasteiger partial charge in [0.2, 0.25) is 0 Å². The molecule has 1 aromatic rings. The Morgan fingerprint density at radius 2 is 2.26 bits per heavy atom. The molecule has 1 aliphatic carbocycles. The van der Waals surface area contributed by atoms with Gasteiger partial charge in [-0.2, -0.15) is 0 Å². The van der Waals surface area contributed by atoms with Crippen LogP contribution < -0.4 is 5.32 Å². The number of halogens is 1. The van der Waals surface area contributed by atoms with Crippen molar-refractivity contribution in [3.8, 4) is 0 Å². The lowest BCUT2D eigenvalue weighted by Crippen LogP contribution is -2.23. The minimum absolute atomic E-state index is 0.133. The molecule has 2 rings (SSSR count). The molecule has 1 fully saturated rings. The minimum atomic E-state index is -0.355. The predicted molar refractivity (Wildman–Crippen MR) is 79.0 cm³/mol. The van der Waals surface area contributed by atoms with Crippen LogP contribution in [0.1, 0.15) is 31.7 Å². The number of nitro benzene ring substituents is 1. The molecule has 0 bridgehead atoms. The summed E-state index contributed by atoms with van der Waals surface area (Å²) < 4.78 is 0.533. The van der Waals surface area contributed by atoms with E-state index in [0.29, 0.717) is 11.0 Å². The highest BCUT2D eigenvalue weighted by Crippen LogP contribution is 2.30. The first kappa shape index (κ1) is 14.5. The molecule has 2 unspecified atom stereocenters. The van der Waals surface area contributed by atoms with E-state index in [1.165, 1.54) is 19.3 Å². The summed E-state index contributed by atoms with van der Waals surface area (Å²) in [6.45, 7) is 4.01. The zero-order valence-electron chi connectivity index (χ0n) is 11.1. The molecule has 1 aliphatic rings. The molecule has 4 nitrogen and oxygen atoms in total. The van der Waals surface area contributed by atoms with Crippen LogP contribution in [0.3, 0.4) is 0 Å². The fourth-order valence-electron chi connectivity index (χ4n) is 2.74. The summed E-state index contributed by atoms with van der Waals surface area (Å²) in [5, 5.41) is 14.3. The Labute approximate surface area is 121 Å². The van der Waals surface area contributed by atoms with Crippen molar-refractivity contribution < 1.29 is 4.92 Å². The molecule has 19 heavy (non-hydrogen) atoms. The average molecular weight is 327 g/mol. The van der Waals surface area contributed by atoms with Gasteiger partial charge in [-0.1, -0.05) is 25.8 Å². The van der Waals surface area contributed by atoms with Crippen LogP contribution in [-0.4, -0.2) is 11.5 Å². The van der Waals surface area contributed by atoms with Gasteiger partial charge in [-0.25, -0.2) is 0 Å². The third-order valence-electron chi connectivity index (χ3n) is 3.98. The molecule has 1 aromatic carbocycles. The quantitative estimate of drug-likeness (QED) is 0.659. The van der Waals surface area contributed by atoms with Gasteiger partial charge >= 0.3 is 0 Å². The van der Waals surface area contributed by atoms with Crippen molar-refractivity contribution >= 4 is 21.6 Å². The van der Waals surface area contributed by atoms with Crippen LogP contribution in [0.25, 0.3) is 0 Å². The molecule has 0 saturated heterocycles. The summed E-state index contributed by atoms with van der Waals surface area (Å²) >= 11 is 3.20. The third kappa shape index (κ3) is 3.76. The van der Waals surface area contributed by atoms with Gasteiger partial charge in [-0.15, -0.1) is 0 Å². The first-order chi connectivity index (χ1) is 9.08. The molecule has 2 atom stereocenters. The number of hydrogen-bond acceptors (Lipinski definition) is 3. The van der Waals surface area contributed by atoms with Crippen LogP contribution in [-0.2, 0) is 6.54 Å². The van der Waals surface area contributed by atoms with E-state index in [1.807, 2.05) is 6.07 Å². The van der Waals surface area contributed by atoms with E-state index in [0.717, 1.165) is 23.9 Å². The number of benzene rings is 1. The maximum Gasteiger partial charge on any atom is 0.283 e. The van der Waals surface area contributed by atoms with Crippen molar-refractivity contribution in [2.24, 2.45) is 11.8 Å². The highest BCUT2D eigenvalue weighted by Gasteiger charge is 2.22. The van der Waals surface area contributed by atoms with E-state index < -0.39 is 0 Å². The van der Waals surface area contributed by atoms with E-state index in [9.17, 15) is 10.1 Å². The van der Waals surface area contributed by atoms with E-state index >= 15 is 0 Å². The monoisotopic (exact) mass is 326 g/mol. The number of rotatable bonds is 5. The summed E-state index contributed by atoms with van der Waals surface area (Å²) in [5.74, 6) is 1.55. The largest absolute Gasteiger partial charge is 0.312 e. The van der Waals surface area contributed by atoms with Crippen LogP contribution in [0.2, 0.25) is 0 Å². The maximum absolute atomic E-state index is 10.9. The van der Waals surface area contributed by atoms with Crippen molar-refractivity contribution in [1.82, 2.24) is 5.32 Å². The number of hydrogen-bond donors (Lipinski definition) is 1. The van der Waals surface area contributed by atoms with E-state index in [4.69, 9.17) is 0 Å². The van der Waals surface area contributed by atoms with Crippen LogP contribution in [0.15, 0.2) is 22.7 Å². The van der Waals surface area contributed by atoms with Crippen molar-refractivity contribution in [2.75, 3.05) is 6.54 Å². The van der Waals surface area contributed by atoms with E-state index in [1.54, 1.807) is 12.1 Å². The van der Waals surface area contributed by atoms with Crippen molar-refractivity contribution in [1.29, 1.82) is 0 Å². The molecule has 0 radical (unpaired) electrons. The molecular weight excluding hydrogens is 308 g/mol. The topological polar surface area (TPSA) is 55.2 Å². The Bertz CT molecular complexity index is 465. The molecule has 1 saturated carbocycles. The van der Waals surface area contributed by atoms with E-state index in [-0.39, 0.29) is 10.6 Å². The number of nitrogens with zero attached hydrogens (tertiary/aromatic N) is 1. The normalized spacial score (nSPS) is 22.6. The lowest BCUT2D eigenvalue weighted by molar-refractivity contribution is -0.385. The average Bonchev–Trinajstić information content (AvgIpc) is 2.77. The van der Waals surface area contributed by atoms with E-state index in [2.05, 4.69) is 28.2 Å². The van der Waals surface area contributed by atoms with Gasteiger partial charge in [0.25, 0.3) is 5.69 Å². The molecule has 0 amide bonds. The van der Waals surface area contributed by atoms with Gasteiger partial charge < -0.3 is 5.32 Å². The SMILES string of the molecule is CC1CCCC1CNCc1ccc(Br)c([N+](=O)[O-])c1. The highest BCUT2D eigenvalue weighted by atomic mass is 79.9. The molecule has 104 valence electrons. The third-order valence-corrected chi connectivity index (χ3v) is 4.65. The zero-order valence-corrected chi connectivity index (χ0v) is 12.6. The summed E-state index contributed by atoms with van der Waals surface area (Å²) in [5.41, 5.74) is 1.09.